The summed E-state index contributed by atoms with van der Waals surface area (Å²) < 4.78 is 0. The first-order valence-electron chi connectivity index (χ1n) is 4.62. The van der Waals surface area contributed by atoms with Crippen LogP contribution in [0, 0.1) is 11.3 Å². The quantitative estimate of drug-likeness (QED) is 0.602. The predicted molar refractivity (Wildman–Crippen MR) is 61.1 cm³/mol. The number of hydrogen-bond donors (Lipinski definition) is 1. The van der Waals surface area contributed by atoms with Crippen molar-refractivity contribution >= 4 is 33.5 Å². The van der Waals surface area contributed by atoms with E-state index in [2.05, 4.69) is 21.0 Å². The lowest BCUT2D eigenvalue weighted by molar-refractivity contribution is 1.22. The summed E-state index contributed by atoms with van der Waals surface area (Å²) >= 11 is 5.96. The van der Waals surface area contributed by atoms with Gasteiger partial charge in [0, 0.05) is 10.9 Å². The first kappa shape index (κ1) is 9.13. The van der Waals surface area contributed by atoms with Gasteiger partial charge in [0.1, 0.15) is 17.4 Å². The van der Waals surface area contributed by atoms with Crippen molar-refractivity contribution in [3.8, 4) is 6.07 Å². The molecule has 4 nitrogen and oxygen atoms in total. The summed E-state index contributed by atoms with van der Waals surface area (Å²) in [7, 11) is 0. The van der Waals surface area contributed by atoms with Gasteiger partial charge >= 0.3 is 0 Å². The first-order valence-corrected chi connectivity index (χ1v) is 5.00. The van der Waals surface area contributed by atoms with Crippen LogP contribution in [0.25, 0.3) is 21.9 Å². The number of aromatic nitrogens is 3. The monoisotopic (exact) mass is 228 g/mol. The lowest BCUT2D eigenvalue weighted by Gasteiger charge is -1.92. The summed E-state index contributed by atoms with van der Waals surface area (Å²) in [5, 5.41) is 10.2. The molecule has 2 heterocycles. The van der Waals surface area contributed by atoms with Gasteiger partial charge in [-0.05, 0) is 12.1 Å². The van der Waals surface area contributed by atoms with Crippen molar-refractivity contribution in [2.24, 2.45) is 0 Å². The maximum atomic E-state index is 9.04. The Morgan fingerprint density at radius 3 is 3.00 bits per heavy atom. The van der Waals surface area contributed by atoms with E-state index in [4.69, 9.17) is 16.9 Å². The second kappa shape index (κ2) is 3.19. The van der Waals surface area contributed by atoms with Gasteiger partial charge in [0.15, 0.2) is 5.15 Å². The fourth-order valence-corrected chi connectivity index (χ4v) is 1.98. The molecule has 1 aromatic carbocycles. The molecule has 0 saturated heterocycles. The second-order valence-electron chi connectivity index (χ2n) is 3.35. The molecule has 0 fully saturated rings. The predicted octanol–water partition coefficient (Wildman–Crippen LogP) is 2.64. The molecule has 0 aliphatic heterocycles. The van der Waals surface area contributed by atoms with Crippen molar-refractivity contribution in [3.63, 3.8) is 0 Å². The van der Waals surface area contributed by atoms with Crippen LogP contribution >= 0.6 is 11.6 Å². The number of H-pyrrole nitrogens is 1. The summed E-state index contributed by atoms with van der Waals surface area (Å²) in [5.41, 5.74) is 2.78. The van der Waals surface area contributed by atoms with Crippen LogP contribution in [0.4, 0.5) is 0 Å². The number of nitrogens with zero attached hydrogens (tertiary/aromatic N) is 3. The average molecular weight is 229 g/mol. The van der Waals surface area contributed by atoms with E-state index in [0.717, 1.165) is 10.9 Å². The van der Waals surface area contributed by atoms with Crippen molar-refractivity contribution in [1.29, 1.82) is 5.26 Å². The molecule has 0 unspecified atom stereocenters. The zero-order valence-electron chi connectivity index (χ0n) is 8.03. The minimum absolute atomic E-state index is 0.366. The highest BCUT2D eigenvalue weighted by molar-refractivity contribution is 6.34. The Morgan fingerprint density at radius 1 is 1.31 bits per heavy atom. The molecule has 3 aromatic rings. The third kappa shape index (κ3) is 1.09. The van der Waals surface area contributed by atoms with Gasteiger partial charge < -0.3 is 4.98 Å². The van der Waals surface area contributed by atoms with Gasteiger partial charge in [-0.1, -0.05) is 17.7 Å². The van der Waals surface area contributed by atoms with Crippen LogP contribution in [0.2, 0.25) is 5.15 Å². The number of halogens is 1. The van der Waals surface area contributed by atoms with Crippen LogP contribution in [0.15, 0.2) is 24.5 Å². The maximum absolute atomic E-state index is 9.04. The van der Waals surface area contributed by atoms with Gasteiger partial charge in [-0.2, -0.15) is 5.26 Å². The van der Waals surface area contributed by atoms with Crippen molar-refractivity contribution in [3.05, 3.63) is 35.2 Å². The Bertz CT molecular complexity index is 739. The lowest BCUT2D eigenvalue weighted by Crippen LogP contribution is -1.81. The van der Waals surface area contributed by atoms with Gasteiger partial charge in [0.05, 0.1) is 11.6 Å². The van der Waals surface area contributed by atoms with E-state index < -0.39 is 0 Å². The molecular formula is C11H5ClN4. The number of aromatic amines is 1. The Kier molecular flexibility index (Phi) is 1.82. The lowest BCUT2D eigenvalue weighted by atomic mass is 10.1. The number of hydrogen-bond acceptors (Lipinski definition) is 3. The summed E-state index contributed by atoms with van der Waals surface area (Å²) in [4.78, 5) is 11.2. The highest BCUT2D eigenvalue weighted by Crippen LogP contribution is 2.28. The Morgan fingerprint density at radius 2 is 2.19 bits per heavy atom. The molecule has 0 atom stereocenters. The molecule has 76 valence electrons. The van der Waals surface area contributed by atoms with Gasteiger partial charge in [-0.25, -0.2) is 9.97 Å². The van der Waals surface area contributed by atoms with E-state index >= 15 is 0 Å². The van der Waals surface area contributed by atoms with Crippen LogP contribution in [-0.4, -0.2) is 15.0 Å². The Hall–Kier alpha value is -2.12. The molecule has 0 aliphatic rings. The van der Waals surface area contributed by atoms with E-state index in [-0.39, 0.29) is 0 Å². The van der Waals surface area contributed by atoms with Crippen molar-refractivity contribution in [2.45, 2.75) is 0 Å². The molecule has 2 aromatic heterocycles. The van der Waals surface area contributed by atoms with Gasteiger partial charge in [-0.3, -0.25) is 0 Å². The van der Waals surface area contributed by atoms with E-state index in [0.29, 0.717) is 21.7 Å². The van der Waals surface area contributed by atoms with Crippen LogP contribution < -0.4 is 0 Å². The fraction of sp³-hybridized carbons (Fsp3) is 0. The van der Waals surface area contributed by atoms with E-state index in [9.17, 15) is 0 Å². The molecule has 16 heavy (non-hydrogen) atoms. The second-order valence-corrected chi connectivity index (χ2v) is 3.71. The SMILES string of the molecule is N#Cc1cccc2[nH]c3c(Cl)ncnc3c12. The fourth-order valence-electron chi connectivity index (χ4n) is 1.80. The highest BCUT2D eigenvalue weighted by atomic mass is 35.5. The minimum Gasteiger partial charge on any atom is -0.351 e. The molecule has 3 rings (SSSR count). The molecule has 0 radical (unpaired) electrons. The summed E-state index contributed by atoms with van der Waals surface area (Å²) in [6.45, 7) is 0. The number of fused-ring (bicyclic) bond motifs is 3. The standard InChI is InChI=1S/C11H5ClN4/c12-11-10-9(14-5-15-11)8-6(4-13)2-1-3-7(8)16-10/h1-3,5,16H. The normalized spacial score (nSPS) is 10.8. The zero-order valence-corrected chi connectivity index (χ0v) is 8.78. The molecule has 0 amide bonds. The van der Waals surface area contributed by atoms with Crippen molar-refractivity contribution in [2.75, 3.05) is 0 Å². The maximum Gasteiger partial charge on any atom is 0.156 e. The largest absolute Gasteiger partial charge is 0.351 e. The van der Waals surface area contributed by atoms with Crippen LogP contribution in [-0.2, 0) is 0 Å². The van der Waals surface area contributed by atoms with Crippen LogP contribution in [0.3, 0.4) is 0 Å². The average Bonchev–Trinajstić information content (AvgIpc) is 2.69. The summed E-state index contributed by atoms with van der Waals surface area (Å²) in [6.07, 6.45) is 1.39. The molecule has 0 spiro atoms. The smallest absolute Gasteiger partial charge is 0.156 e. The molecule has 1 N–H and O–H groups in total. The summed E-state index contributed by atoms with van der Waals surface area (Å²) in [5.74, 6) is 0. The molecule has 0 bridgehead atoms. The zero-order chi connectivity index (χ0) is 11.1. The number of benzene rings is 1. The number of nitrogens with one attached hydrogen (secondary N) is 1. The van der Waals surface area contributed by atoms with Gasteiger partial charge in [-0.15, -0.1) is 0 Å². The van der Waals surface area contributed by atoms with Gasteiger partial charge in [0.2, 0.25) is 0 Å². The highest BCUT2D eigenvalue weighted by Gasteiger charge is 2.11. The Labute approximate surface area is 95.5 Å². The number of nitriles is 1. The van der Waals surface area contributed by atoms with Crippen molar-refractivity contribution in [1.82, 2.24) is 15.0 Å². The molecular weight excluding hydrogens is 224 g/mol. The molecule has 5 heteroatoms. The first-order chi connectivity index (χ1) is 7.81. The van der Waals surface area contributed by atoms with Gasteiger partial charge in [0.25, 0.3) is 0 Å². The minimum atomic E-state index is 0.366. The van der Waals surface area contributed by atoms with Crippen molar-refractivity contribution < 1.29 is 0 Å². The third-order valence-corrected chi connectivity index (χ3v) is 2.77. The summed E-state index contributed by atoms with van der Waals surface area (Å²) in [6, 6.07) is 7.60. The van der Waals surface area contributed by atoms with E-state index in [1.807, 2.05) is 12.1 Å². The third-order valence-electron chi connectivity index (χ3n) is 2.48. The molecule has 0 aliphatic carbocycles. The Balaban J connectivity index is 2.64. The van der Waals surface area contributed by atoms with E-state index in [1.165, 1.54) is 6.33 Å². The topological polar surface area (TPSA) is 65.4 Å². The molecule has 0 saturated carbocycles. The van der Waals surface area contributed by atoms with E-state index in [1.54, 1.807) is 6.07 Å². The number of rotatable bonds is 0. The van der Waals surface area contributed by atoms with Crippen LogP contribution in [0.5, 0.6) is 0 Å². The van der Waals surface area contributed by atoms with Crippen LogP contribution in [0.1, 0.15) is 5.56 Å².